The normalized spacial score (nSPS) is 15.5. The predicted octanol–water partition coefficient (Wildman–Crippen LogP) is 2.92. The van der Waals surface area contributed by atoms with Crippen LogP contribution in [0.15, 0.2) is 40.6 Å². The van der Waals surface area contributed by atoms with Crippen molar-refractivity contribution in [1.29, 1.82) is 0 Å². The van der Waals surface area contributed by atoms with Gasteiger partial charge >= 0.3 is 0 Å². The van der Waals surface area contributed by atoms with Crippen molar-refractivity contribution in [1.82, 2.24) is 9.62 Å². The molecule has 1 fully saturated rings. The Hall–Kier alpha value is -1.90. The molecule has 146 valence electrons. The summed E-state index contributed by atoms with van der Waals surface area (Å²) in [4.78, 5) is 15.2. The third-order valence-corrected chi connectivity index (χ3v) is 8.05. The first-order valence-corrected chi connectivity index (χ1v) is 11.3. The van der Waals surface area contributed by atoms with Crippen molar-refractivity contribution < 1.29 is 13.2 Å². The summed E-state index contributed by atoms with van der Waals surface area (Å²) in [5, 5.41) is 2.87. The van der Waals surface area contributed by atoms with Gasteiger partial charge in [0, 0.05) is 43.3 Å². The Morgan fingerprint density at radius 2 is 1.89 bits per heavy atom. The molecule has 0 radical (unpaired) electrons. The van der Waals surface area contributed by atoms with Crippen LogP contribution in [0, 0.1) is 0 Å². The third-order valence-electron chi connectivity index (χ3n) is 4.59. The van der Waals surface area contributed by atoms with Crippen LogP contribution in [-0.4, -0.2) is 45.8 Å². The van der Waals surface area contributed by atoms with Gasteiger partial charge in [-0.05, 0) is 43.2 Å². The maximum absolute atomic E-state index is 12.7. The van der Waals surface area contributed by atoms with Gasteiger partial charge in [0.1, 0.15) is 4.21 Å². The van der Waals surface area contributed by atoms with E-state index in [2.05, 4.69) is 5.32 Å². The summed E-state index contributed by atoms with van der Waals surface area (Å²) < 4.78 is 27.3. The van der Waals surface area contributed by atoms with E-state index < -0.39 is 10.0 Å². The van der Waals surface area contributed by atoms with Crippen LogP contribution in [-0.2, 0) is 16.6 Å². The van der Waals surface area contributed by atoms with E-state index in [-0.39, 0.29) is 5.91 Å². The number of thiophene rings is 1. The van der Waals surface area contributed by atoms with E-state index in [1.807, 2.05) is 37.2 Å². The Bertz CT molecular complexity index is 900. The van der Waals surface area contributed by atoms with Crippen LogP contribution in [0.5, 0.6) is 0 Å². The fraction of sp³-hybridized carbons (Fsp3) is 0.421. The van der Waals surface area contributed by atoms with Crippen molar-refractivity contribution in [2.75, 3.05) is 32.1 Å². The summed E-state index contributed by atoms with van der Waals surface area (Å²) >= 11 is 1.23. The van der Waals surface area contributed by atoms with E-state index in [0.29, 0.717) is 29.4 Å². The summed E-state index contributed by atoms with van der Waals surface area (Å²) in [5.41, 5.74) is 1.53. The molecular formula is C19H25N3O3S2. The SMILES string of the molecule is CN(C)c1cccc(C(=O)NCc2ccc(S(=O)(=O)N3CCCCC3)s2)c1. The molecule has 1 aromatic carbocycles. The van der Waals surface area contributed by atoms with Gasteiger partial charge in [-0.1, -0.05) is 12.5 Å². The van der Waals surface area contributed by atoms with Crippen LogP contribution >= 0.6 is 11.3 Å². The zero-order valence-corrected chi connectivity index (χ0v) is 17.3. The van der Waals surface area contributed by atoms with E-state index in [1.165, 1.54) is 11.3 Å². The number of anilines is 1. The number of sulfonamides is 1. The van der Waals surface area contributed by atoms with Crippen LogP contribution in [0.1, 0.15) is 34.5 Å². The molecule has 1 saturated heterocycles. The molecule has 0 bridgehead atoms. The van der Waals surface area contributed by atoms with Crippen molar-refractivity contribution in [3.05, 3.63) is 46.8 Å². The van der Waals surface area contributed by atoms with Gasteiger partial charge in [-0.3, -0.25) is 4.79 Å². The Labute approximate surface area is 164 Å². The van der Waals surface area contributed by atoms with Crippen molar-refractivity contribution in [3.8, 4) is 0 Å². The predicted molar refractivity (Wildman–Crippen MR) is 109 cm³/mol. The monoisotopic (exact) mass is 407 g/mol. The van der Waals surface area contributed by atoms with Gasteiger partial charge in [0.25, 0.3) is 15.9 Å². The number of benzene rings is 1. The quantitative estimate of drug-likeness (QED) is 0.799. The van der Waals surface area contributed by atoms with Crippen LogP contribution in [0.25, 0.3) is 0 Å². The molecule has 1 aliphatic rings. The average Bonchev–Trinajstić information content (AvgIpc) is 3.17. The van der Waals surface area contributed by atoms with E-state index >= 15 is 0 Å². The van der Waals surface area contributed by atoms with Crippen molar-refractivity contribution in [2.24, 2.45) is 0 Å². The second kappa shape index (κ2) is 8.41. The van der Waals surface area contributed by atoms with Gasteiger partial charge in [-0.15, -0.1) is 11.3 Å². The van der Waals surface area contributed by atoms with Crippen molar-refractivity contribution in [2.45, 2.75) is 30.0 Å². The second-order valence-corrected chi connectivity index (χ2v) is 10.1. The number of carbonyl (C=O) groups excluding carboxylic acids is 1. The molecule has 2 heterocycles. The molecule has 8 heteroatoms. The molecule has 6 nitrogen and oxygen atoms in total. The highest BCUT2D eigenvalue weighted by Gasteiger charge is 2.27. The van der Waals surface area contributed by atoms with Crippen LogP contribution in [0.4, 0.5) is 5.69 Å². The van der Waals surface area contributed by atoms with E-state index in [0.717, 1.165) is 29.8 Å². The molecule has 1 amide bonds. The van der Waals surface area contributed by atoms with Crippen LogP contribution in [0.3, 0.4) is 0 Å². The number of piperidine rings is 1. The molecular weight excluding hydrogens is 382 g/mol. The van der Waals surface area contributed by atoms with Gasteiger partial charge in [0.2, 0.25) is 0 Å². The number of nitrogens with one attached hydrogen (secondary N) is 1. The lowest BCUT2D eigenvalue weighted by Gasteiger charge is -2.25. The van der Waals surface area contributed by atoms with Crippen molar-refractivity contribution in [3.63, 3.8) is 0 Å². The largest absolute Gasteiger partial charge is 0.378 e. The van der Waals surface area contributed by atoms with E-state index in [9.17, 15) is 13.2 Å². The number of hydrogen-bond acceptors (Lipinski definition) is 5. The molecule has 3 rings (SSSR count). The number of hydrogen-bond donors (Lipinski definition) is 1. The fourth-order valence-corrected chi connectivity index (χ4v) is 5.99. The summed E-state index contributed by atoms with van der Waals surface area (Å²) in [6.45, 7) is 1.49. The van der Waals surface area contributed by atoms with Gasteiger partial charge in [0.05, 0.1) is 6.54 Å². The number of rotatable bonds is 6. The Balaban J connectivity index is 1.64. The molecule has 0 aliphatic carbocycles. The van der Waals surface area contributed by atoms with E-state index in [4.69, 9.17) is 0 Å². The second-order valence-electron chi connectivity index (χ2n) is 6.81. The fourth-order valence-electron chi connectivity index (χ4n) is 3.02. The summed E-state index contributed by atoms with van der Waals surface area (Å²) in [6, 6.07) is 10.8. The first kappa shape index (κ1) is 19.9. The highest BCUT2D eigenvalue weighted by atomic mass is 32.2. The van der Waals surface area contributed by atoms with E-state index in [1.54, 1.807) is 22.5 Å². The smallest absolute Gasteiger partial charge is 0.252 e. The Morgan fingerprint density at radius 1 is 1.15 bits per heavy atom. The van der Waals surface area contributed by atoms with Gasteiger partial charge in [0.15, 0.2) is 0 Å². The maximum Gasteiger partial charge on any atom is 0.252 e. The Morgan fingerprint density at radius 3 is 2.59 bits per heavy atom. The van der Waals surface area contributed by atoms with Crippen LogP contribution < -0.4 is 10.2 Å². The molecule has 1 aliphatic heterocycles. The van der Waals surface area contributed by atoms with Crippen molar-refractivity contribution >= 4 is 33.0 Å². The number of nitrogens with zero attached hydrogens (tertiary/aromatic N) is 2. The average molecular weight is 408 g/mol. The topological polar surface area (TPSA) is 69.7 Å². The Kier molecular flexibility index (Phi) is 6.18. The number of carbonyl (C=O) groups is 1. The lowest BCUT2D eigenvalue weighted by Crippen LogP contribution is -2.35. The lowest BCUT2D eigenvalue weighted by atomic mass is 10.2. The third kappa shape index (κ3) is 4.69. The minimum atomic E-state index is -3.41. The maximum atomic E-state index is 12.7. The van der Waals surface area contributed by atoms with Gasteiger partial charge < -0.3 is 10.2 Å². The zero-order valence-electron chi connectivity index (χ0n) is 15.6. The summed E-state index contributed by atoms with van der Waals surface area (Å²) in [6.07, 6.45) is 2.92. The molecule has 1 N–H and O–H groups in total. The highest BCUT2D eigenvalue weighted by Crippen LogP contribution is 2.27. The minimum absolute atomic E-state index is 0.174. The molecule has 0 saturated carbocycles. The first-order chi connectivity index (χ1) is 12.9. The molecule has 0 atom stereocenters. The minimum Gasteiger partial charge on any atom is -0.378 e. The number of amides is 1. The standard InChI is InChI=1S/C19H25N3O3S2/c1-21(2)16-8-6-7-15(13-16)19(23)20-14-17-9-10-18(26-17)27(24,25)22-11-4-3-5-12-22/h6-10,13H,3-5,11-12,14H2,1-2H3,(H,20,23). The zero-order chi connectivity index (χ0) is 19.4. The first-order valence-electron chi connectivity index (χ1n) is 9.02. The molecule has 2 aromatic rings. The lowest BCUT2D eigenvalue weighted by molar-refractivity contribution is 0.0951. The summed E-state index contributed by atoms with van der Waals surface area (Å²) in [7, 11) is 0.434. The highest BCUT2D eigenvalue weighted by molar-refractivity contribution is 7.91. The van der Waals surface area contributed by atoms with Gasteiger partial charge in [-0.2, -0.15) is 4.31 Å². The molecule has 27 heavy (non-hydrogen) atoms. The van der Waals surface area contributed by atoms with Crippen LogP contribution in [0.2, 0.25) is 0 Å². The molecule has 0 unspecified atom stereocenters. The molecule has 0 spiro atoms. The van der Waals surface area contributed by atoms with Gasteiger partial charge in [-0.25, -0.2) is 8.42 Å². The summed E-state index contributed by atoms with van der Waals surface area (Å²) in [5.74, 6) is -0.174. The molecule has 1 aromatic heterocycles.